The monoisotopic (exact) mass is 342 g/mol. The molecule has 2 heterocycles. The third-order valence-electron chi connectivity index (χ3n) is 4.59. The van der Waals surface area contributed by atoms with Crippen molar-refractivity contribution in [2.24, 2.45) is 0 Å². The average Bonchev–Trinajstić information content (AvgIpc) is 2.64. The van der Waals surface area contributed by atoms with Crippen molar-refractivity contribution in [2.75, 3.05) is 26.8 Å². The van der Waals surface area contributed by atoms with Crippen molar-refractivity contribution in [3.63, 3.8) is 0 Å². The zero-order valence-corrected chi connectivity index (χ0v) is 14.5. The number of hydrogen-bond acceptors (Lipinski definition) is 3. The molecule has 1 fully saturated rings. The minimum atomic E-state index is -0.228. The smallest absolute Gasteiger partial charge is 0.248 e. The fourth-order valence-electron chi connectivity index (χ4n) is 3.30. The molecule has 0 spiro atoms. The van der Waals surface area contributed by atoms with Gasteiger partial charge in [0.25, 0.3) is 0 Å². The van der Waals surface area contributed by atoms with Crippen LogP contribution in [0.2, 0.25) is 0 Å². The van der Waals surface area contributed by atoms with Crippen LogP contribution in [0.25, 0.3) is 0 Å². The Morgan fingerprint density at radius 1 is 1.28 bits per heavy atom. The van der Waals surface area contributed by atoms with Gasteiger partial charge in [-0.05, 0) is 42.7 Å². The van der Waals surface area contributed by atoms with Gasteiger partial charge < -0.3 is 9.64 Å². The number of carbonyl (C=O) groups excluding carboxylic acids is 1. The summed E-state index contributed by atoms with van der Waals surface area (Å²) in [5, 5.41) is 0. The van der Waals surface area contributed by atoms with E-state index in [1.54, 1.807) is 19.2 Å². The highest BCUT2D eigenvalue weighted by Crippen LogP contribution is 2.26. The summed E-state index contributed by atoms with van der Waals surface area (Å²) < 4.78 is 18.0. The topological polar surface area (TPSA) is 42.4 Å². The third kappa shape index (κ3) is 4.63. The maximum absolute atomic E-state index is 13.0. The number of benzene rings is 1. The van der Waals surface area contributed by atoms with E-state index in [2.05, 4.69) is 0 Å². The number of halogens is 1. The summed E-state index contributed by atoms with van der Waals surface area (Å²) in [6.07, 6.45) is 2.68. The molecule has 4 nitrogen and oxygen atoms in total. The number of aromatic nitrogens is 1. The molecule has 1 aliphatic heterocycles. The number of piperidine rings is 1. The zero-order chi connectivity index (χ0) is 17.6. The molecule has 0 radical (unpaired) electrons. The lowest BCUT2D eigenvalue weighted by molar-refractivity contribution is -0.136. The SMILES string of the molecule is COCC(=O)N1CCCC(c2cccc(Cc3ccc(F)cc3)n2)C1. The predicted octanol–water partition coefficient (Wildman–Crippen LogP) is 3.16. The van der Waals surface area contributed by atoms with Crippen LogP contribution < -0.4 is 0 Å². The number of carbonyl (C=O) groups is 1. The van der Waals surface area contributed by atoms with E-state index in [-0.39, 0.29) is 24.2 Å². The lowest BCUT2D eigenvalue weighted by Crippen LogP contribution is -2.41. The van der Waals surface area contributed by atoms with Crippen LogP contribution in [0, 0.1) is 5.82 Å². The van der Waals surface area contributed by atoms with Crippen LogP contribution >= 0.6 is 0 Å². The molecule has 2 aromatic rings. The van der Waals surface area contributed by atoms with E-state index < -0.39 is 0 Å². The first kappa shape index (κ1) is 17.5. The second-order valence-corrected chi connectivity index (χ2v) is 6.47. The standard InChI is InChI=1S/C20H23FN2O2/c1-25-14-20(24)23-11-3-4-16(13-23)19-6-2-5-18(22-19)12-15-7-9-17(21)10-8-15/h2,5-10,16H,3-4,11-14H2,1H3. The molecule has 0 N–H and O–H groups in total. The molecular formula is C20H23FN2O2. The van der Waals surface area contributed by atoms with Gasteiger partial charge in [0, 0.05) is 43.9 Å². The van der Waals surface area contributed by atoms with Crippen LogP contribution in [-0.4, -0.2) is 42.6 Å². The summed E-state index contributed by atoms with van der Waals surface area (Å²) in [6.45, 7) is 1.61. The van der Waals surface area contributed by atoms with E-state index in [0.29, 0.717) is 13.0 Å². The fourth-order valence-corrected chi connectivity index (χ4v) is 3.30. The Kier molecular flexibility index (Phi) is 5.76. The summed E-state index contributed by atoms with van der Waals surface area (Å²) in [7, 11) is 1.54. The Bertz CT molecular complexity index is 718. The number of nitrogens with zero attached hydrogens (tertiary/aromatic N) is 2. The summed E-state index contributed by atoms with van der Waals surface area (Å²) in [5.41, 5.74) is 3.02. The molecule has 0 aliphatic carbocycles. The van der Waals surface area contributed by atoms with E-state index in [4.69, 9.17) is 9.72 Å². The number of rotatable bonds is 5. The molecule has 132 valence electrons. The molecule has 1 unspecified atom stereocenters. The molecule has 1 aliphatic rings. The van der Waals surface area contributed by atoms with Crippen molar-refractivity contribution in [1.29, 1.82) is 0 Å². The first-order valence-electron chi connectivity index (χ1n) is 8.62. The maximum atomic E-state index is 13.0. The van der Waals surface area contributed by atoms with E-state index in [9.17, 15) is 9.18 Å². The van der Waals surface area contributed by atoms with Crippen LogP contribution in [0.5, 0.6) is 0 Å². The van der Waals surface area contributed by atoms with Crippen molar-refractivity contribution in [3.05, 3.63) is 65.2 Å². The minimum Gasteiger partial charge on any atom is -0.375 e. The Balaban J connectivity index is 1.70. The van der Waals surface area contributed by atoms with Gasteiger partial charge in [-0.25, -0.2) is 4.39 Å². The summed E-state index contributed by atoms with van der Waals surface area (Å²) in [4.78, 5) is 18.7. The van der Waals surface area contributed by atoms with Gasteiger partial charge >= 0.3 is 0 Å². The van der Waals surface area contributed by atoms with Crippen molar-refractivity contribution >= 4 is 5.91 Å². The van der Waals surface area contributed by atoms with Gasteiger partial charge in [0.2, 0.25) is 5.91 Å². The highest BCUT2D eigenvalue weighted by molar-refractivity contribution is 5.77. The van der Waals surface area contributed by atoms with Crippen molar-refractivity contribution in [2.45, 2.75) is 25.2 Å². The van der Waals surface area contributed by atoms with Gasteiger partial charge in [-0.3, -0.25) is 9.78 Å². The molecule has 1 amide bonds. The van der Waals surface area contributed by atoms with Gasteiger partial charge in [0.15, 0.2) is 0 Å². The first-order valence-corrected chi connectivity index (χ1v) is 8.62. The third-order valence-corrected chi connectivity index (χ3v) is 4.59. The van der Waals surface area contributed by atoms with Gasteiger partial charge in [0.05, 0.1) is 0 Å². The molecule has 5 heteroatoms. The molecule has 1 saturated heterocycles. The minimum absolute atomic E-state index is 0.0367. The molecule has 0 bridgehead atoms. The number of pyridine rings is 1. The number of likely N-dealkylation sites (tertiary alicyclic amines) is 1. The van der Waals surface area contributed by atoms with Crippen LogP contribution in [0.4, 0.5) is 4.39 Å². The number of amides is 1. The van der Waals surface area contributed by atoms with Gasteiger partial charge in [-0.2, -0.15) is 0 Å². The molecule has 1 aromatic heterocycles. The van der Waals surface area contributed by atoms with Gasteiger partial charge in [-0.15, -0.1) is 0 Å². The zero-order valence-electron chi connectivity index (χ0n) is 14.5. The predicted molar refractivity (Wildman–Crippen MR) is 93.9 cm³/mol. The summed E-state index contributed by atoms with van der Waals surface area (Å²) in [6, 6.07) is 12.5. The first-order chi connectivity index (χ1) is 12.2. The highest BCUT2D eigenvalue weighted by atomic mass is 19.1. The van der Waals surface area contributed by atoms with Gasteiger partial charge in [0.1, 0.15) is 12.4 Å². The lowest BCUT2D eigenvalue weighted by atomic mass is 9.94. The van der Waals surface area contributed by atoms with E-state index in [1.165, 1.54) is 12.1 Å². The van der Waals surface area contributed by atoms with Crippen molar-refractivity contribution in [1.82, 2.24) is 9.88 Å². The molecule has 0 saturated carbocycles. The fraction of sp³-hybridized carbons (Fsp3) is 0.400. The molecule has 25 heavy (non-hydrogen) atoms. The molecule has 3 rings (SSSR count). The van der Waals surface area contributed by atoms with Crippen LogP contribution in [-0.2, 0) is 16.0 Å². The quantitative estimate of drug-likeness (QED) is 0.838. The molecular weight excluding hydrogens is 319 g/mol. The number of hydrogen-bond donors (Lipinski definition) is 0. The largest absolute Gasteiger partial charge is 0.375 e. The van der Waals surface area contributed by atoms with E-state index >= 15 is 0 Å². The molecule has 1 aromatic carbocycles. The number of methoxy groups -OCH3 is 1. The van der Waals surface area contributed by atoms with E-state index in [1.807, 2.05) is 23.1 Å². The van der Waals surface area contributed by atoms with Crippen molar-refractivity contribution < 1.29 is 13.9 Å². The van der Waals surface area contributed by atoms with Crippen LogP contribution in [0.15, 0.2) is 42.5 Å². The number of ether oxygens (including phenoxy) is 1. The lowest BCUT2D eigenvalue weighted by Gasteiger charge is -2.32. The maximum Gasteiger partial charge on any atom is 0.248 e. The van der Waals surface area contributed by atoms with Gasteiger partial charge in [-0.1, -0.05) is 18.2 Å². The average molecular weight is 342 g/mol. The Morgan fingerprint density at radius 2 is 2.08 bits per heavy atom. The Morgan fingerprint density at radius 3 is 2.84 bits per heavy atom. The normalized spacial score (nSPS) is 17.5. The highest BCUT2D eigenvalue weighted by Gasteiger charge is 2.25. The summed E-state index contributed by atoms with van der Waals surface area (Å²) in [5.74, 6) is 0.0610. The van der Waals surface area contributed by atoms with Crippen LogP contribution in [0.1, 0.15) is 35.7 Å². The Hall–Kier alpha value is -2.27. The second kappa shape index (κ2) is 8.21. The Labute approximate surface area is 147 Å². The summed E-state index contributed by atoms with van der Waals surface area (Å²) >= 11 is 0. The second-order valence-electron chi connectivity index (χ2n) is 6.47. The van der Waals surface area contributed by atoms with E-state index in [0.717, 1.165) is 36.3 Å². The molecule has 1 atom stereocenters. The van der Waals surface area contributed by atoms with Crippen LogP contribution in [0.3, 0.4) is 0 Å². The van der Waals surface area contributed by atoms with Crippen molar-refractivity contribution in [3.8, 4) is 0 Å².